The highest BCUT2D eigenvalue weighted by Gasteiger charge is 2.08. The number of rotatable bonds is 5. The fourth-order valence-electron chi connectivity index (χ4n) is 1.01. The summed E-state index contributed by atoms with van der Waals surface area (Å²) in [6, 6.07) is 4.66. The maximum atomic E-state index is 10.7. The summed E-state index contributed by atoms with van der Waals surface area (Å²) in [5.74, 6) is -0.399. The fourth-order valence-corrected chi connectivity index (χ4v) is 1.54. The third-order valence-electron chi connectivity index (χ3n) is 1.74. The predicted octanol–water partition coefficient (Wildman–Crippen LogP) is 1.91. The molecule has 2 N–H and O–H groups in total. The number of carboxylic acid groups (broad SMARTS) is 1. The van der Waals surface area contributed by atoms with Crippen LogP contribution in [0.15, 0.2) is 22.7 Å². The first-order chi connectivity index (χ1) is 7.15. The van der Waals surface area contributed by atoms with Crippen molar-refractivity contribution in [2.45, 2.75) is 6.42 Å². The molecule has 4 nitrogen and oxygen atoms in total. The molecule has 0 saturated carbocycles. The van der Waals surface area contributed by atoms with E-state index in [0.717, 1.165) is 0 Å². The summed E-state index contributed by atoms with van der Waals surface area (Å²) in [5, 5.41) is 17.3. The van der Waals surface area contributed by atoms with Gasteiger partial charge in [-0.05, 0) is 34.1 Å². The minimum Gasteiger partial charge on any atom is -0.493 e. The Morgan fingerprint density at radius 2 is 2.20 bits per heavy atom. The number of ether oxygens (including phenoxy) is 1. The van der Waals surface area contributed by atoms with Crippen molar-refractivity contribution in [3.63, 3.8) is 0 Å². The van der Waals surface area contributed by atoms with Crippen LogP contribution in [0.25, 0.3) is 0 Å². The quantitative estimate of drug-likeness (QED) is 0.805. The second-order valence-electron chi connectivity index (χ2n) is 2.87. The number of hydrogen-bond donors (Lipinski definition) is 2. The average molecular weight is 275 g/mol. The third kappa shape index (κ3) is 3.53. The van der Waals surface area contributed by atoms with Gasteiger partial charge in [0.2, 0.25) is 0 Å². The highest BCUT2D eigenvalue weighted by molar-refractivity contribution is 9.10. The second kappa shape index (κ2) is 5.72. The summed E-state index contributed by atoms with van der Waals surface area (Å²) in [5.41, 5.74) is 0.199. The Hall–Kier alpha value is -1.07. The van der Waals surface area contributed by atoms with Gasteiger partial charge in [0.15, 0.2) is 0 Å². The first kappa shape index (κ1) is 12.0. The molecule has 0 aliphatic rings. The number of carboxylic acids is 1. The number of aliphatic hydroxyl groups excluding tert-OH is 1. The minimum absolute atomic E-state index is 0.0778. The van der Waals surface area contributed by atoms with E-state index in [1.165, 1.54) is 6.07 Å². The van der Waals surface area contributed by atoms with Crippen molar-refractivity contribution in [1.29, 1.82) is 0 Å². The van der Waals surface area contributed by atoms with Gasteiger partial charge >= 0.3 is 5.97 Å². The van der Waals surface area contributed by atoms with Crippen LogP contribution >= 0.6 is 15.9 Å². The lowest BCUT2D eigenvalue weighted by molar-refractivity contribution is 0.0696. The van der Waals surface area contributed by atoms with Crippen molar-refractivity contribution >= 4 is 21.9 Å². The van der Waals surface area contributed by atoms with Crippen LogP contribution in [0.4, 0.5) is 0 Å². The normalized spacial score (nSPS) is 10.0. The molecule has 0 heterocycles. The first-order valence-corrected chi connectivity index (χ1v) is 5.21. The van der Waals surface area contributed by atoms with Crippen molar-refractivity contribution in [3.05, 3.63) is 28.2 Å². The zero-order valence-corrected chi connectivity index (χ0v) is 9.53. The van der Waals surface area contributed by atoms with Gasteiger partial charge in [-0.15, -0.1) is 0 Å². The number of aromatic carboxylic acids is 1. The van der Waals surface area contributed by atoms with Crippen LogP contribution in [0.2, 0.25) is 0 Å². The van der Waals surface area contributed by atoms with E-state index in [2.05, 4.69) is 15.9 Å². The van der Waals surface area contributed by atoms with Crippen molar-refractivity contribution in [1.82, 2.24) is 0 Å². The van der Waals surface area contributed by atoms with Crippen LogP contribution in [-0.4, -0.2) is 29.4 Å². The molecule has 1 aromatic rings. The van der Waals surface area contributed by atoms with Crippen LogP contribution in [0, 0.1) is 0 Å². The Bertz CT molecular complexity index is 351. The molecule has 1 aromatic carbocycles. The summed E-state index contributed by atoms with van der Waals surface area (Å²) in [6.45, 7) is 0.490. The molecule has 0 amide bonds. The van der Waals surface area contributed by atoms with Crippen LogP contribution in [0.3, 0.4) is 0 Å². The Labute approximate surface area is 95.6 Å². The van der Waals surface area contributed by atoms with Crippen LogP contribution in [-0.2, 0) is 0 Å². The number of aliphatic hydroxyl groups is 1. The zero-order valence-electron chi connectivity index (χ0n) is 7.94. The van der Waals surface area contributed by atoms with Gasteiger partial charge in [-0.3, -0.25) is 0 Å². The van der Waals surface area contributed by atoms with E-state index in [-0.39, 0.29) is 12.2 Å². The maximum absolute atomic E-state index is 10.7. The molecule has 0 aliphatic heterocycles. The molecule has 0 spiro atoms. The summed E-state index contributed by atoms with van der Waals surface area (Å²) >= 11 is 3.15. The molecule has 0 radical (unpaired) electrons. The van der Waals surface area contributed by atoms with E-state index in [4.69, 9.17) is 14.9 Å². The molecule has 1 rings (SSSR count). The molecule has 0 aliphatic carbocycles. The van der Waals surface area contributed by atoms with Crippen molar-refractivity contribution in [3.8, 4) is 5.75 Å². The highest BCUT2D eigenvalue weighted by Crippen LogP contribution is 2.23. The molecule has 0 fully saturated rings. The van der Waals surface area contributed by atoms with Gasteiger partial charge in [-0.1, -0.05) is 0 Å². The van der Waals surface area contributed by atoms with Gasteiger partial charge < -0.3 is 14.9 Å². The predicted molar refractivity (Wildman–Crippen MR) is 58.3 cm³/mol. The Kier molecular flexibility index (Phi) is 4.58. The Balaban J connectivity index is 2.69. The second-order valence-corrected chi connectivity index (χ2v) is 3.73. The summed E-state index contributed by atoms with van der Waals surface area (Å²) in [4.78, 5) is 10.7. The molecule has 0 saturated heterocycles. The molecule has 0 aromatic heterocycles. The molecule has 15 heavy (non-hydrogen) atoms. The van der Waals surface area contributed by atoms with E-state index in [0.29, 0.717) is 23.2 Å². The van der Waals surface area contributed by atoms with E-state index in [1.54, 1.807) is 12.1 Å². The third-order valence-corrected chi connectivity index (χ3v) is 2.40. The van der Waals surface area contributed by atoms with Gasteiger partial charge in [0.1, 0.15) is 5.75 Å². The van der Waals surface area contributed by atoms with E-state index in [9.17, 15) is 4.79 Å². The maximum Gasteiger partial charge on any atom is 0.336 e. The van der Waals surface area contributed by atoms with E-state index in [1.807, 2.05) is 0 Å². The SMILES string of the molecule is O=C(O)c1ccc(OCCCO)cc1Br. The van der Waals surface area contributed by atoms with Gasteiger partial charge in [0.25, 0.3) is 0 Å². The molecule has 0 bridgehead atoms. The molecule has 0 unspecified atom stereocenters. The molecular weight excluding hydrogens is 264 g/mol. The van der Waals surface area contributed by atoms with Crippen LogP contribution in [0.1, 0.15) is 16.8 Å². The minimum atomic E-state index is -0.983. The first-order valence-electron chi connectivity index (χ1n) is 4.41. The standard InChI is InChI=1S/C10H11BrO4/c11-9-6-7(15-5-1-4-12)2-3-8(9)10(13)14/h2-3,6,12H,1,4-5H2,(H,13,14). The lowest BCUT2D eigenvalue weighted by atomic mass is 10.2. The molecule has 5 heteroatoms. The molecule has 82 valence electrons. The molecular formula is C10H11BrO4. The van der Waals surface area contributed by atoms with E-state index >= 15 is 0 Å². The van der Waals surface area contributed by atoms with E-state index < -0.39 is 5.97 Å². The number of halogens is 1. The smallest absolute Gasteiger partial charge is 0.336 e. The number of hydrogen-bond acceptors (Lipinski definition) is 3. The lowest BCUT2D eigenvalue weighted by Gasteiger charge is -2.06. The summed E-state index contributed by atoms with van der Waals surface area (Å²) in [6.07, 6.45) is 0.554. The number of carbonyl (C=O) groups is 1. The monoisotopic (exact) mass is 274 g/mol. The summed E-state index contributed by atoms with van der Waals surface area (Å²) < 4.78 is 5.76. The van der Waals surface area contributed by atoms with Crippen LogP contribution in [0.5, 0.6) is 5.75 Å². The Morgan fingerprint density at radius 1 is 1.47 bits per heavy atom. The zero-order chi connectivity index (χ0) is 11.3. The van der Waals surface area contributed by atoms with Crippen LogP contribution < -0.4 is 4.74 Å². The van der Waals surface area contributed by atoms with Gasteiger partial charge in [-0.2, -0.15) is 0 Å². The van der Waals surface area contributed by atoms with Crippen molar-refractivity contribution in [2.24, 2.45) is 0 Å². The fraction of sp³-hybridized carbons (Fsp3) is 0.300. The average Bonchev–Trinajstić information content (AvgIpc) is 2.17. The van der Waals surface area contributed by atoms with Gasteiger partial charge in [0.05, 0.1) is 12.2 Å². The topological polar surface area (TPSA) is 66.8 Å². The highest BCUT2D eigenvalue weighted by atomic mass is 79.9. The van der Waals surface area contributed by atoms with Crippen molar-refractivity contribution in [2.75, 3.05) is 13.2 Å². The Morgan fingerprint density at radius 3 is 2.73 bits per heavy atom. The number of benzene rings is 1. The van der Waals surface area contributed by atoms with Gasteiger partial charge in [-0.25, -0.2) is 4.79 Å². The summed E-state index contributed by atoms with van der Waals surface area (Å²) in [7, 11) is 0. The van der Waals surface area contributed by atoms with Gasteiger partial charge in [0, 0.05) is 17.5 Å². The van der Waals surface area contributed by atoms with Crippen molar-refractivity contribution < 1.29 is 19.7 Å². The lowest BCUT2D eigenvalue weighted by Crippen LogP contribution is -2.01. The largest absolute Gasteiger partial charge is 0.493 e. The molecule has 0 atom stereocenters.